The predicted molar refractivity (Wildman–Crippen MR) is 100 cm³/mol. The number of anilines is 1. The van der Waals surface area contributed by atoms with E-state index in [4.69, 9.17) is 4.98 Å². The molecule has 0 radical (unpaired) electrons. The maximum Gasteiger partial charge on any atom is 0.242 e. The number of piperazine rings is 1. The van der Waals surface area contributed by atoms with Crippen molar-refractivity contribution in [3.63, 3.8) is 0 Å². The summed E-state index contributed by atoms with van der Waals surface area (Å²) in [5, 5.41) is 7.13. The summed E-state index contributed by atoms with van der Waals surface area (Å²) in [5.74, 6) is -0.650. The number of thiophene rings is 1. The highest BCUT2D eigenvalue weighted by molar-refractivity contribution is 7.14. The molecule has 0 aliphatic carbocycles. The summed E-state index contributed by atoms with van der Waals surface area (Å²) in [4.78, 5) is 45.4. The van der Waals surface area contributed by atoms with E-state index in [1.54, 1.807) is 27.6 Å². The second kappa shape index (κ2) is 7.16. The van der Waals surface area contributed by atoms with Crippen LogP contribution in [0.15, 0.2) is 22.2 Å². The first kappa shape index (κ1) is 17.2. The summed E-state index contributed by atoms with van der Waals surface area (Å²) in [6.07, 6.45) is 0.437. The summed E-state index contributed by atoms with van der Waals surface area (Å²) in [6.45, 7) is 2.41. The summed E-state index contributed by atoms with van der Waals surface area (Å²) in [5.41, 5.74) is 2.11. The molecule has 2 saturated heterocycles. The molecular formula is C17H18N4O3S2. The van der Waals surface area contributed by atoms with Crippen molar-refractivity contribution in [1.82, 2.24) is 14.8 Å². The van der Waals surface area contributed by atoms with E-state index in [1.165, 1.54) is 0 Å². The molecule has 7 nitrogen and oxygen atoms in total. The number of thiazole rings is 1. The molecule has 4 rings (SSSR count). The molecular weight excluding hydrogens is 372 g/mol. The first-order valence-electron chi connectivity index (χ1n) is 8.46. The second-order valence-corrected chi connectivity index (χ2v) is 7.89. The summed E-state index contributed by atoms with van der Waals surface area (Å²) in [6, 6.07) is 2.06. The summed E-state index contributed by atoms with van der Waals surface area (Å²) < 4.78 is 0. The van der Waals surface area contributed by atoms with Crippen molar-refractivity contribution in [3.8, 4) is 11.3 Å². The molecule has 26 heavy (non-hydrogen) atoms. The van der Waals surface area contributed by atoms with Crippen molar-refractivity contribution >= 4 is 45.5 Å². The van der Waals surface area contributed by atoms with E-state index >= 15 is 0 Å². The Morgan fingerprint density at radius 3 is 2.46 bits per heavy atom. The first-order valence-corrected chi connectivity index (χ1v) is 10.3. The van der Waals surface area contributed by atoms with Crippen molar-refractivity contribution in [2.45, 2.75) is 12.8 Å². The molecule has 0 saturated carbocycles. The van der Waals surface area contributed by atoms with Crippen molar-refractivity contribution in [2.75, 3.05) is 37.6 Å². The van der Waals surface area contributed by atoms with Gasteiger partial charge in [0.25, 0.3) is 0 Å². The molecule has 0 unspecified atom stereocenters. The quantitative estimate of drug-likeness (QED) is 0.743. The molecule has 9 heteroatoms. The van der Waals surface area contributed by atoms with Crippen LogP contribution in [0.25, 0.3) is 11.3 Å². The lowest BCUT2D eigenvalue weighted by Crippen LogP contribution is -2.51. The van der Waals surface area contributed by atoms with Gasteiger partial charge in [0.1, 0.15) is 6.54 Å². The van der Waals surface area contributed by atoms with Crippen LogP contribution >= 0.6 is 22.7 Å². The first-order chi connectivity index (χ1) is 12.6. The van der Waals surface area contributed by atoms with E-state index in [1.807, 2.05) is 5.38 Å². The molecule has 0 spiro atoms. The molecule has 4 heterocycles. The Kier molecular flexibility index (Phi) is 4.73. The third-order valence-corrected chi connectivity index (χ3v) is 6.24. The third-order valence-electron chi connectivity index (χ3n) is 4.66. The average Bonchev–Trinajstić information content (AvgIpc) is 3.39. The number of nitrogens with zero attached hydrogens (tertiary/aromatic N) is 4. The van der Waals surface area contributed by atoms with Crippen LogP contribution in [-0.4, -0.2) is 65.2 Å². The number of rotatable bonds is 4. The van der Waals surface area contributed by atoms with Gasteiger partial charge >= 0.3 is 0 Å². The molecule has 0 bridgehead atoms. The standard InChI is InChI=1S/C17H18N4O3S2/c22-14-1-2-15(23)21(14)9-16(24)19-4-6-20(7-5-19)17-18-13(11-26-17)12-3-8-25-10-12/h3,8,10-11H,1-2,4-7,9H2. The second-order valence-electron chi connectivity index (χ2n) is 6.27. The number of imide groups is 1. The SMILES string of the molecule is O=C(CN1C(=O)CCC1=O)N1CCN(c2nc(-c3ccsc3)cs2)CC1. The summed E-state index contributed by atoms with van der Waals surface area (Å²) >= 11 is 3.26. The van der Waals surface area contributed by atoms with E-state index in [9.17, 15) is 14.4 Å². The molecule has 2 aliphatic rings. The minimum Gasteiger partial charge on any atom is -0.345 e. The van der Waals surface area contributed by atoms with Gasteiger partial charge in [-0.05, 0) is 11.4 Å². The Morgan fingerprint density at radius 1 is 1.08 bits per heavy atom. The Balaban J connectivity index is 1.33. The van der Waals surface area contributed by atoms with Gasteiger partial charge in [-0.25, -0.2) is 4.98 Å². The van der Waals surface area contributed by atoms with Crippen LogP contribution in [0.4, 0.5) is 5.13 Å². The van der Waals surface area contributed by atoms with Gasteiger partial charge in [-0.1, -0.05) is 0 Å². The lowest BCUT2D eigenvalue weighted by molar-refractivity contribution is -0.145. The zero-order valence-electron chi connectivity index (χ0n) is 14.1. The van der Waals surface area contributed by atoms with E-state index in [0.29, 0.717) is 26.2 Å². The third kappa shape index (κ3) is 3.36. The fraction of sp³-hybridized carbons (Fsp3) is 0.412. The fourth-order valence-corrected chi connectivity index (χ4v) is 4.67. The maximum absolute atomic E-state index is 12.4. The molecule has 2 aliphatic heterocycles. The van der Waals surface area contributed by atoms with Crippen LogP contribution in [0.5, 0.6) is 0 Å². The molecule has 3 amide bonds. The minimum absolute atomic E-state index is 0.128. The number of likely N-dealkylation sites (tertiary alicyclic amines) is 1. The maximum atomic E-state index is 12.4. The van der Waals surface area contributed by atoms with Gasteiger partial charge < -0.3 is 9.80 Å². The van der Waals surface area contributed by atoms with Crippen LogP contribution < -0.4 is 4.90 Å². The van der Waals surface area contributed by atoms with Crippen molar-refractivity contribution < 1.29 is 14.4 Å². The Morgan fingerprint density at radius 2 is 1.81 bits per heavy atom. The number of carbonyl (C=O) groups is 3. The molecule has 0 aromatic carbocycles. The molecule has 2 aromatic heterocycles. The topological polar surface area (TPSA) is 73.8 Å². The highest BCUT2D eigenvalue weighted by Gasteiger charge is 2.32. The molecule has 2 fully saturated rings. The Bertz CT molecular complexity index is 809. The smallest absolute Gasteiger partial charge is 0.242 e. The van der Waals surface area contributed by atoms with Crippen molar-refractivity contribution in [2.24, 2.45) is 0 Å². The van der Waals surface area contributed by atoms with Gasteiger partial charge in [-0.2, -0.15) is 11.3 Å². The fourth-order valence-electron chi connectivity index (χ4n) is 3.13. The van der Waals surface area contributed by atoms with Crippen LogP contribution in [0, 0.1) is 0 Å². The van der Waals surface area contributed by atoms with Gasteiger partial charge in [0, 0.05) is 55.3 Å². The predicted octanol–water partition coefficient (Wildman–Crippen LogP) is 1.67. The number of carbonyl (C=O) groups excluding carboxylic acids is 3. The largest absolute Gasteiger partial charge is 0.345 e. The molecule has 0 atom stereocenters. The van der Waals surface area contributed by atoms with Crippen LogP contribution in [-0.2, 0) is 14.4 Å². The van der Waals surface area contributed by atoms with Gasteiger partial charge in [-0.3, -0.25) is 19.3 Å². The average molecular weight is 390 g/mol. The van der Waals surface area contributed by atoms with Gasteiger partial charge in [0.15, 0.2) is 5.13 Å². The molecule has 0 N–H and O–H groups in total. The zero-order valence-corrected chi connectivity index (χ0v) is 15.7. The zero-order chi connectivity index (χ0) is 18.1. The van der Waals surface area contributed by atoms with E-state index in [2.05, 4.69) is 21.7 Å². The van der Waals surface area contributed by atoms with Gasteiger partial charge in [0.2, 0.25) is 17.7 Å². The lowest BCUT2D eigenvalue weighted by Gasteiger charge is -2.35. The minimum atomic E-state index is -0.245. The number of hydrogen-bond acceptors (Lipinski definition) is 7. The van der Waals surface area contributed by atoms with Gasteiger partial charge in [-0.15, -0.1) is 11.3 Å². The monoisotopic (exact) mass is 390 g/mol. The van der Waals surface area contributed by atoms with Crippen LogP contribution in [0.1, 0.15) is 12.8 Å². The lowest BCUT2D eigenvalue weighted by atomic mass is 10.3. The van der Waals surface area contributed by atoms with Crippen molar-refractivity contribution in [3.05, 3.63) is 22.2 Å². The van der Waals surface area contributed by atoms with E-state index in [-0.39, 0.29) is 37.1 Å². The number of hydrogen-bond donors (Lipinski definition) is 0. The molecule has 2 aromatic rings. The number of amides is 3. The Hall–Kier alpha value is -2.26. The van der Waals surface area contributed by atoms with Crippen LogP contribution in [0.2, 0.25) is 0 Å². The van der Waals surface area contributed by atoms with E-state index in [0.717, 1.165) is 21.3 Å². The highest BCUT2D eigenvalue weighted by atomic mass is 32.1. The number of aromatic nitrogens is 1. The highest BCUT2D eigenvalue weighted by Crippen LogP contribution is 2.29. The summed E-state index contributed by atoms with van der Waals surface area (Å²) in [7, 11) is 0. The van der Waals surface area contributed by atoms with Crippen molar-refractivity contribution in [1.29, 1.82) is 0 Å². The van der Waals surface area contributed by atoms with Gasteiger partial charge in [0.05, 0.1) is 5.69 Å². The normalized spacial score (nSPS) is 18.1. The molecule has 136 valence electrons. The van der Waals surface area contributed by atoms with E-state index < -0.39 is 0 Å². The van der Waals surface area contributed by atoms with Crippen LogP contribution in [0.3, 0.4) is 0 Å². The Labute approximate surface area is 158 Å².